The van der Waals surface area contributed by atoms with E-state index in [1.54, 1.807) is 0 Å². The predicted octanol–water partition coefficient (Wildman–Crippen LogP) is 4.44. The van der Waals surface area contributed by atoms with E-state index < -0.39 is 0 Å². The molecule has 2 heteroatoms. The summed E-state index contributed by atoms with van der Waals surface area (Å²) in [4.78, 5) is 2.23. The first kappa shape index (κ1) is 11.6. The topological polar surface area (TPSA) is 16.4 Å². The van der Waals surface area contributed by atoms with Crippen molar-refractivity contribution < 1.29 is 4.42 Å². The van der Waals surface area contributed by atoms with E-state index in [2.05, 4.69) is 55.4 Å². The summed E-state index contributed by atoms with van der Waals surface area (Å²) < 4.78 is 6.16. The lowest BCUT2D eigenvalue weighted by Gasteiger charge is -2.15. The van der Waals surface area contributed by atoms with E-state index in [9.17, 15) is 0 Å². The van der Waals surface area contributed by atoms with Crippen LogP contribution in [0.3, 0.4) is 0 Å². The summed E-state index contributed by atoms with van der Waals surface area (Å²) in [5.74, 6) is 0.421. The molecule has 1 unspecified atom stereocenters. The Balaban J connectivity index is 2.04. The molecule has 4 rings (SSSR count). The number of likely N-dealkylation sites (N-methyl/N-ethyl adjacent to an activating group) is 1. The van der Waals surface area contributed by atoms with Crippen LogP contribution < -0.4 is 0 Å². The van der Waals surface area contributed by atoms with Gasteiger partial charge in [-0.15, -0.1) is 0 Å². The Hall–Kier alpha value is -2.22. The number of benzene rings is 2. The van der Waals surface area contributed by atoms with Crippen LogP contribution in [0.4, 0.5) is 0 Å². The number of para-hydroxylation sites is 1. The molecule has 0 amide bonds. The van der Waals surface area contributed by atoms with Crippen LogP contribution >= 0.6 is 0 Å². The quantitative estimate of drug-likeness (QED) is 0.645. The Morgan fingerprint density at radius 2 is 1.95 bits per heavy atom. The van der Waals surface area contributed by atoms with E-state index in [1.165, 1.54) is 21.9 Å². The zero-order chi connectivity index (χ0) is 13.7. The summed E-state index contributed by atoms with van der Waals surface area (Å²) >= 11 is 0. The van der Waals surface area contributed by atoms with E-state index in [0.29, 0.717) is 5.92 Å². The SMILES string of the molecule is Cc1ccc2c(oc3ccccc32)c1C1C=CN(C)C1. The first-order chi connectivity index (χ1) is 9.74. The minimum atomic E-state index is 0.421. The second kappa shape index (κ2) is 4.14. The second-order valence-electron chi connectivity index (χ2n) is 5.66. The highest BCUT2D eigenvalue weighted by Gasteiger charge is 2.22. The van der Waals surface area contributed by atoms with Crippen molar-refractivity contribution in [3.63, 3.8) is 0 Å². The average Bonchev–Trinajstić information content (AvgIpc) is 3.02. The molecule has 0 aliphatic carbocycles. The molecule has 1 aliphatic heterocycles. The maximum atomic E-state index is 6.16. The van der Waals surface area contributed by atoms with Crippen molar-refractivity contribution in [3.05, 3.63) is 59.8 Å². The Kier molecular flexibility index (Phi) is 2.40. The number of nitrogens with zero attached hydrogens (tertiary/aromatic N) is 1. The van der Waals surface area contributed by atoms with E-state index >= 15 is 0 Å². The Morgan fingerprint density at radius 3 is 2.75 bits per heavy atom. The Bertz CT molecular complexity index is 828. The average molecular weight is 263 g/mol. The van der Waals surface area contributed by atoms with Gasteiger partial charge >= 0.3 is 0 Å². The zero-order valence-corrected chi connectivity index (χ0v) is 11.8. The highest BCUT2D eigenvalue weighted by Crippen LogP contribution is 2.37. The number of rotatable bonds is 1. The van der Waals surface area contributed by atoms with Crippen LogP contribution in [0, 0.1) is 6.92 Å². The highest BCUT2D eigenvalue weighted by molar-refractivity contribution is 6.06. The highest BCUT2D eigenvalue weighted by atomic mass is 16.3. The van der Waals surface area contributed by atoms with Crippen LogP contribution in [-0.2, 0) is 0 Å². The molecular weight excluding hydrogens is 246 g/mol. The van der Waals surface area contributed by atoms with Crippen LogP contribution in [0.15, 0.2) is 53.1 Å². The third-order valence-corrected chi connectivity index (χ3v) is 4.23. The first-order valence-corrected chi connectivity index (χ1v) is 7.03. The molecule has 0 fully saturated rings. The van der Waals surface area contributed by atoms with Crippen LogP contribution in [0.2, 0.25) is 0 Å². The molecule has 20 heavy (non-hydrogen) atoms. The van der Waals surface area contributed by atoms with Gasteiger partial charge in [-0.1, -0.05) is 36.4 Å². The van der Waals surface area contributed by atoms with Gasteiger partial charge < -0.3 is 9.32 Å². The van der Waals surface area contributed by atoms with Gasteiger partial charge in [-0.3, -0.25) is 0 Å². The number of fused-ring (bicyclic) bond motifs is 3. The van der Waals surface area contributed by atoms with Gasteiger partial charge in [0.25, 0.3) is 0 Å². The minimum Gasteiger partial charge on any atom is -0.456 e. The standard InChI is InChI=1S/C18H17NO/c1-12-7-8-15-14-5-3-4-6-16(14)20-18(15)17(12)13-9-10-19(2)11-13/h3-10,13H,11H2,1-2H3. The summed E-state index contributed by atoms with van der Waals surface area (Å²) in [5, 5.41) is 2.43. The molecule has 0 radical (unpaired) electrons. The molecule has 0 saturated carbocycles. The molecule has 0 N–H and O–H groups in total. The molecule has 2 nitrogen and oxygen atoms in total. The third-order valence-electron chi connectivity index (χ3n) is 4.23. The maximum Gasteiger partial charge on any atom is 0.139 e. The Morgan fingerprint density at radius 1 is 1.10 bits per heavy atom. The third kappa shape index (κ3) is 1.58. The smallest absolute Gasteiger partial charge is 0.139 e. The molecule has 0 bridgehead atoms. The number of aryl methyl sites for hydroxylation is 1. The fourth-order valence-corrected chi connectivity index (χ4v) is 3.24. The Labute approximate surface area is 118 Å². The summed E-state index contributed by atoms with van der Waals surface area (Å²) in [6.45, 7) is 3.20. The molecule has 1 atom stereocenters. The molecule has 0 spiro atoms. The minimum absolute atomic E-state index is 0.421. The van der Waals surface area contributed by atoms with E-state index in [0.717, 1.165) is 17.7 Å². The number of furan rings is 1. The van der Waals surface area contributed by atoms with Crippen molar-refractivity contribution in [1.82, 2.24) is 4.90 Å². The van der Waals surface area contributed by atoms with Gasteiger partial charge in [0.05, 0.1) is 0 Å². The van der Waals surface area contributed by atoms with Gasteiger partial charge in [0.1, 0.15) is 11.2 Å². The van der Waals surface area contributed by atoms with Crippen molar-refractivity contribution in [1.29, 1.82) is 0 Å². The van der Waals surface area contributed by atoms with E-state index in [4.69, 9.17) is 4.42 Å². The van der Waals surface area contributed by atoms with Crippen molar-refractivity contribution >= 4 is 21.9 Å². The lowest BCUT2D eigenvalue weighted by molar-refractivity contribution is 0.474. The van der Waals surface area contributed by atoms with Gasteiger partial charge in [-0.05, 0) is 24.8 Å². The molecule has 0 saturated heterocycles. The monoisotopic (exact) mass is 263 g/mol. The van der Waals surface area contributed by atoms with Crippen molar-refractivity contribution in [2.24, 2.45) is 0 Å². The molecule has 100 valence electrons. The zero-order valence-electron chi connectivity index (χ0n) is 11.8. The van der Waals surface area contributed by atoms with Crippen molar-refractivity contribution in [2.45, 2.75) is 12.8 Å². The molecule has 3 aromatic rings. The van der Waals surface area contributed by atoms with Crippen LogP contribution in [0.25, 0.3) is 21.9 Å². The second-order valence-corrected chi connectivity index (χ2v) is 5.66. The number of hydrogen-bond acceptors (Lipinski definition) is 2. The molecule has 2 heterocycles. The van der Waals surface area contributed by atoms with Crippen LogP contribution in [-0.4, -0.2) is 18.5 Å². The molecule has 2 aromatic carbocycles. The van der Waals surface area contributed by atoms with Gasteiger partial charge in [0, 0.05) is 35.8 Å². The maximum absolute atomic E-state index is 6.16. The van der Waals surface area contributed by atoms with Gasteiger partial charge in [0.2, 0.25) is 0 Å². The van der Waals surface area contributed by atoms with Gasteiger partial charge in [0.15, 0.2) is 0 Å². The first-order valence-electron chi connectivity index (χ1n) is 7.03. The summed E-state index contributed by atoms with van der Waals surface area (Å²) in [6, 6.07) is 12.7. The predicted molar refractivity (Wildman–Crippen MR) is 83.0 cm³/mol. The lowest BCUT2D eigenvalue weighted by atomic mass is 9.93. The summed E-state index contributed by atoms with van der Waals surface area (Å²) in [7, 11) is 2.12. The van der Waals surface area contributed by atoms with Gasteiger partial charge in [-0.2, -0.15) is 0 Å². The number of hydrogen-bond donors (Lipinski definition) is 0. The largest absolute Gasteiger partial charge is 0.456 e. The van der Waals surface area contributed by atoms with Crippen LogP contribution in [0.1, 0.15) is 17.0 Å². The summed E-state index contributed by atoms with van der Waals surface area (Å²) in [6.07, 6.45) is 4.43. The van der Waals surface area contributed by atoms with Gasteiger partial charge in [-0.25, -0.2) is 0 Å². The molecule has 1 aliphatic rings. The van der Waals surface area contributed by atoms with Crippen molar-refractivity contribution in [3.8, 4) is 0 Å². The van der Waals surface area contributed by atoms with Crippen LogP contribution in [0.5, 0.6) is 0 Å². The lowest BCUT2D eigenvalue weighted by Crippen LogP contribution is -2.12. The van der Waals surface area contributed by atoms with Crippen molar-refractivity contribution in [2.75, 3.05) is 13.6 Å². The normalized spacial score (nSPS) is 18.5. The molecule has 1 aromatic heterocycles. The van der Waals surface area contributed by atoms with E-state index in [1.807, 2.05) is 12.1 Å². The molecular formula is C18H17NO. The fourth-order valence-electron chi connectivity index (χ4n) is 3.24. The summed E-state index contributed by atoms with van der Waals surface area (Å²) in [5.41, 5.74) is 4.67. The van der Waals surface area contributed by atoms with E-state index in [-0.39, 0.29) is 0 Å². The fraction of sp³-hybridized carbons (Fsp3) is 0.222.